The molecular formula is C31H35N9O2. The number of piperazine rings is 1. The Bertz CT molecular complexity index is 1730. The molecule has 0 bridgehead atoms. The average Bonchev–Trinajstić information content (AvgIpc) is 3.68. The maximum absolute atomic E-state index is 12.8. The number of fused-ring (bicyclic) bond motifs is 1. The van der Waals surface area contributed by atoms with Crippen LogP contribution in [0, 0.1) is 6.92 Å². The molecule has 0 spiro atoms. The zero-order chi connectivity index (χ0) is 29.4. The second kappa shape index (κ2) is 11.0. The van der Waals surface area contributed by atoms with Crippen molar-refractivity contribution in [1.29, 1.82) is 0 Å². The van der Waals surface area contributed by atoms with E-state index in [-0.39, 0.29) is 17.3 Å². The van der Waals surface area contributed by atoms with Gasteiger partial charge in [0.1, 0.15) is 17.3 Å². The summed E-state index contributed by atoms with van der Waals surface area (Å²) < 4.78 is 7.20. The first-order chi connectivity index (χ1) is 20.2. The molecule has 5 aromatic rings. The van der Waals surface area contributed by atoms with Crippen LogP contribution in [0.4, 0.5) is 5.82 Å². The van der Waals surface area contributed by atoms with Gasteiger partial charge in [0.05, 0.1) is 11.7 Å². The summed E-state index contributed by atoms with van der Waals surface area (Å²) in [4.78, 5) is 33.7. The molecule has 4 aromatic heterocycles. The average molecular weight is 566 g/mol. The number of nitrogens with one attached hydrogen (secondary N) is 2. The van der Waals surface area contributed by atoms with Crippen molar-refractivity contribution in [3.63, 3.8) is 0 Å². The van der Waals surface area contributed by atoms with Gasteiger partial charge < -0.3 is 20.1 Å². The van der Waals surface area contributed by atoms with Crippen LogP contribution in [0.15, 0.2) is 59.5 Å². The number of anilines is 1. The lowest BCUT2D eigenvalue weighted by Gasteiger charge is -2.28. The van der Waals surface area contributed by atoms with Gasteiger partial charge in [-0.1, -0.05) is 38.1 Å². The van der Waals surface area contributed by atoms with Crippen molar-refractivity contribution >= 4 is 17.4 Å². The van der Waals surface area contributed by atoms with E-state index in [9.17, 15) is 4.79 Å². The van der Waals surface area contributed by atoms with Gasteiger partial charge in [0.25, 0.3) is 0 Å². The molecule has 6 rings (SSSR count). The van der Waals surface area contributed by atoms with Crippen molar-refractivity contribution in [1.82, 2.24) is 40.1 Å². The van der Waals surface area contributed by atoms with Crippen LogP contribution in [0.3, 0.4) is 0 Å². The Hall–Kier alpha value is -4.64. The first-order valence-corrected chi connectivity index (χ1v) is 14.2. The van der Waals surface area contributed by atoms with Crippen LogP contribution in [0.5, 0.6) is 0 Å². The SMILES string of the molecule is Cc1cc(-c2nc(-c3ccc(N4CCNCC4)nc3)cc3nccn23)ccc1[C@@H](C)NC(=O)c1nc(C(C)(C)C)no1. The predicted molar refractivity (Wildman–Crippen MR) is 160 cm³/mol. The van der Waals surface area contributed by atoms with Gasteiger partial charge in [-0.2, -0.15) is 4.98 Å². The van der Waals surface area contributed by atoms with Gasteiger partial charge in [-0.3, -0.25) is 9.20 Å². The van der Waals surface area contributed by atoms with Crippen LogP contribution in [0.25, 0.3) is 28.3 Å². The molecule has 1 aromatic carbocycles. The van der Waals surface area contributed by atoms with E-state index >= 15 is 0 Å². The number of pyridine rings is 1. The van der Waals surface area contributed by atoms with Crippen molar-refractivity contribution in [2.24, 2.45) is 0 Å². The number of rotatable bonds is 6. The van der Waals surface area contributed by atoms with Gasteiger partial charge in [0.2, 0.25) is 0 Å². The maximum atomic E-state index is 12.8. The molecule has 0 saturated carbocycles. The smallest absolute Gasteiger partial charge is 0.315 e. The first-order valence-electron chi connectivity index (χ1n) is 14.2. The zero-order valence-electron chi connectivity index (χ0n) is 24.5. The molecule has 1 saturated heterocycles. The molecule has 11 nitrogen and oxygen atoms in total. The number of amides is 1. The number of imidazole rings is 1. The van der Waals surface area contributed by atoms with Crippen LogP contribution < -0.4 is 15.5 Å². The normalized spacial score (nSPS) is 14.7. The molecule has 11 heteroatoms. The first kappa shape index (κ1) is 27.5. The fourth-order valence-corrected chi connectivity index (χ4v) is 5.15. The lowest BCUT2D eigenvalue weighted by molar-refractivity contribution is 0.0895. The van der Waals surface area contributed by atoms with Crippen molar-refractivity contribution < 1.29 is 9.32 Å². The van der Waals surface area contributed by atoms with Crippen LogP contribution >= 0.6 is 0 Å². The van der Waals surface area contributed by atoms with E-state index in [0.717, 1.165) is 71.4 Å². The highest BCUT2D eigenvalue weighted by atomic mass is 16.5. The van der Waals surface area contributed by atoms with Gasteiger partial charge in [-0.05, 0) is 43.2 Å². The summed E-state index contributed by atoms with van der Waals surface area (Å²) >= 11 is 0. The van der Waals surface area contributed by atoms with Gasteiger partial charge in [-0.15, -0.1) is 0 Å². The number of aryl methyl sites for hydroxylation is 1. The number of hydrogen-bond donors (Lipinski definition) is 2. The molecule has 0 unspecified atom stereocenters. The zero-order valence-corrected chi connectivity index (χ0v) is 24.5. The van der Waals surface area contributed by atoms with Crippen LogP contribution in [-0.2, 0) is 5.41 Å². The molecule has 1 amide bonds. The number of nitrogens with zero attached hydrogens (tertiary/aromatic N) is 7. The Labute approximate surface area is 244 Å². The second-order valence-electron chi connectivity index (χ2n) is 11.7. The third-order valence-corrected chi connectivity index (χ3v) is 7.51. The third kappa shape index (κ3) is 5.47. The summed E-state index contributed by atoms with van der Waals surface area (Å²) in [5, 5.41) is 10.3. The molecule has 2 N–H and O–H groups in total. The van der Waals surface area contributed by atoms with Gasteiger partial charge in [0, 0.05) is 67.4 Å². The summed E-state index contributed by atoms with van der Waals surface area (Å²) in [6.45, 7) is 13.7. The number of hydrogen-bond acceptors (Lipinski definition) is 9. The maximum Gasteiger partial charge on any atom is 0.315 e. The topological polar surface area (TPSA) is 126 Å². The van der Waals surface area contributed by atoms with Crippen LogP contribution in [0.2, 0.25) is 0 Å². The third-order valence-electron chi connectivity index (χ3n) is 7.51. The molecule has 1 atom stereocenters. The molecule has 216 valence electrons. The Balaban J connectivity index is 1.25. The molecule has 1 fully saturated rings. The second-order valence-corrected chi connectivity index (χ2v) is 11.7. The summed E-state index contributed by atoms with van der Waals surface area (Å²) in [6.07, 6.45) is 5.57. The highest BCUT2D eigenvalue weighted by molar-refractivity contribution is 5.89. The fourth-order valence-electron chi connectivity index (χ4n) is 5.15. The minimum atomic E-state index is -0.403. The molecule has 5 heterocycles. The number of aromatic nitrogens is 6. The molecule has 0 radical (unpaired) electrons. The van der Waals surface area contributed by atoms with E-state index < -0.39 is 5.91 Å². The monoisotopic (exact) mass is 565 g/mol. The summed E-state index contributed by atoms with van der Waals surface area (Å²) in [5.41, 5.74) is 5.17. The van der Waals surface area contributed by atoms with E-state index in [0.29, 0.717) is 5.82 Å². The molecule has 0 aliphatic carbocycles. The Morgan fingerprint density at radius 1 is 1.05 bits per heavy atom. The minimum absolute atomic E-state index is 0.0416. The van der Waals surface area contributed by atoms with Gasteiger partial charge in [0.15, 0.2) is 5.82 Å². The standard InChI is InChI=1S/C31H35N9O2/c1-19-16-21(6-8-23(19)20(2)35-28(41)29-37-30(38-42-29)31(3,4)5)27-36-24(17-26-33-12-15-40(26)27)22-7-9-25(34-18-22)39-13-10-32-11-14-39/h6-9,12,15-18,20,32H,10-11,13-14H2,1-5H3,(H,35,41)/t20-/m1/s1. The molecule has 1 aliphatic heterocycles. The molecular weight excluding hydrogens is 530 g/mol. The van der Waals surface area contributed by atoms with E-state index in [2.05, 4.69) is 48.9 Å². The van der Waals surface area contributed by atoms with E-state index in [1.807, 2.05) is 69.6 Å². The Morgan fingerprint density at radius 2 is 1.83 bits per heavy atom. The van der Waals surface area contributed by atoms with Crippen molar-refractivity contribution in [3.8, 4) is 22.6 Å². The highest BCUT2D eigenvalue weighted by Gasteiger charge is 2.25. The summed E-state index contributed by atoms with van der Waals surface area (Å²) in [5.74, 6) is 1.80. The summed E-state index contributed by atoms with van der Waals surface area (Å²) in [7, 11) is 0. The Morgan fingerprint density at radius 3 is 2.52 bits per heavy atom. The number of carbonyl (C=O) groups is 1. The highest BCUT2D eigenvalue weighted by Crippen LogP contribution is 2.29. The fraction of sp³-hybridized carbons (Fsp3) is 0.355. The van der Waals surface area contributed by atoms with Crippen LogP contribution in [-0.4, -0.2) is 61.6 Å². The summed E-state index contributed by atoms with van der Waals surface area (Å²) in [6, 6.07) is 12.0. The number of benzene rings is 1. The lowest BCUT2D eigenvalue weighted by Crippen LogP contribution is -2.43. The number of carbonyl (C=O) groups excluding carboxylic acids is 1. The molecule has 42 heavy (non-hydrogen) atoms. The lowest BCUT2D eigenvalue weighted by atomic mass is 9.96. The molecule has 1 aliphatic rings. The van der Waals surface area contributed by atoms with Crippen molar-refractivity contribution in [3.05, 3.63) is 77.8 Å². The van der Waals surface area contributed by atoms with Gasteiger partial charge >= 0.3 is 11.8 Å². The predicted octanol–water partition coefficient (Wildman–Crippen LogP) is 4.35. The van der Waals surface area contributed by atoms with E-state index in [1.54, 1.807) is 6.20 Å². The minimum Gasteiger partial charge on any atom is -0.354 e. The van der Waals surface area contributed by atoms with E-state index in [4.69, 9.17) is 14.5 Å². The Kier molecular flexibility index (Phi) is 7.19. The van der Waals surface area contributed by atoms with Crippen molar-refractivity contribution in [2.75, 3.05) is 31.1 Å². The van der Waals surface area contributed by atoms with Crippen molar-refractivity contribution in [2.45, 2.75) is 46.1 Å². The van der Waals surface area contributed by atoms with Gasteiger partial charge in [-0.25, -0.2) is 15.0 Å². The van der Waals surface area contributed by atoms with Crippen LogP contribution in [0.1, 0.15) is 61.4 Å². The quantitative estimate of drug-likeness (QED) is 0.309. The van der Waals surface area contributed by atoms with E-state index in [1.165, 1.54) is 0 Å². The largest absolute Gasteiger partial charge is 0.354 e.